The van der Waals surface area contributed by atoms with Gasteiger partial charge in [-0.15, -0.1) is 11.3 Å². The summed E-state index contributed by atoms with van der Waals surface area (Å²) in [6.07, 6.45) is 4.29. The van der Waals surface area contributed by atoms with Crippen LogP contribution in [0.4, 0.5) is 0 Å². The number of likely N-dealkylation sites (N-methyl/N-ethyl adjacent to an activating group) is 1. The van der Waals surface area contributed by atoms with Gasteiger partial charge in [-0.1, -0.05) is 0 Å². The molecule has 0 bridgehead atoms. The predicted molar refractivity (Wildman–Crippen MR) is 119 cm³/mol. The predicted octanol–water partition coefficient (Wildman–Crippen LogP) is 4.26. The lowest BCUT2D eigenvalue weighted by Gasteiger charge is -2.24. The van der Waals surface area contributed by atoms with Crippen molar-refractivity contribution in [3.8, 4) is 10.6 Å². The van der Waals surface area contributed by atoms with Crippen molar-refractivity contribution < 1.29 is 4.79 Å². The summed E-state index contributed by atoms with van der Waals surface area (Å²) < 4.78 is 1.89. The summed E-state index contributed by atoms with van der Waals surface area (Å²) in [5.74, 6) is -0.0636. The summed E-state index contributed by atoms with van der Waals surface area (Å²) >= 11 is 1.69. The fourth-order valence-corrected chi connectivity index (χ4v) is 4.43. The molecule has 0 aliphatic heterocycles. The zero-order valence-corrected chi connectivity index (χ0v) is 18.6. The summed E-state index contributed by atoms with van der Waals surface area (Å²) in [5.41, 5.74) is 2.23. The van der Waals surface area contributed by atoms with Crippen LogP contribution in [0.1, 0.15) is 54.9 Å². The number of rotatable bonds is 7. The van der Waals surface area contributed by atoms with Crippen molar-refractivity contribution >= 4 is 28.3 Å². The molecule has 1 N–H and O–H groups in total. The molecule has 0 saturated heterocycles. The van der Waals surface area contributed by atoms with E-state index in [1.165, 1.54) is 17.7 Å². The molecular formula is C22H29N5OS. The van der Waals surface area contributed by atoms with Crippen LogP contribution in [-0.4, -0.2) is 51.2 Å². The number of amides is 1. The monoisotopic (exact) mass is 411 g/mol. The molecular weight excluding hydrogens is 382 g/mol. The van der Waals surface area contributed by atoms with Crippen LogP contribution in [0.2, 0.25) is 0 Å². The standard InChI is InChI=1S/C22H29N5OS/c1-13(2)27-21-18(12-24-27)17(10-19(25-21)20-9-6-15(4)29-20)22(28)23-11-14(3)26(5)16-7-8-16/h6,9-10,12-14,16H,7-8,11H2,1-5H3,(H,23,28). The molecule has 0 spiro atoms. The van der Waals surface area contributed by atoms with E-state index in [2.05, 4.69) is 62.2 Å². The van der Waals surface area contributed by atoms with Gasteiger partial charge in [0.1, 0.15) is 0 Å². The third-order valence-corrected chi connectivity index (χ3v) is 6.69. The Balaban J connectivity index is 1.67. The Labute approximate surface area is 175 Å². The summed E-state index contributed by atoms with van der Waals surface area (Å²) in [6.45, 7) is 9.02. The van der Waals surface area contributed by atoms with Gasteiger partial charge in [0, 0.05) is 29.5 Å². The van der Waals surface area contributed by atoms with Crippen molar-refractivity contribution in [1.82, 2.24) is 25.0 Å². The zero-order chi connectivity index (χ0) is 20.7. The van der Waals surface area contributed by atoms with Crippen molar-refractivity contribution in [3.05, 3.63) is 34.8 Å². The molecule has 1 atom stereocenters. The van der Waals surface area contributed by atoms with Crippen molar-refractivity contribution in [2.75, 3.05) is 13.6 Å². The van der Waals surface area contributed by atoms with E-state index in [4.69, 9.17) is 4.98 Å². The molecule has 6 nitrogen and oxygen atoms in total. The van der Waals surface area contributed by atoms with E-state index in [-0.39, 0.29) is 11.9 Å². The smallest absolute Gasteiger partial charge is 0.252 e. The minimum absolute atomic E-state index is 0.0636. The van der Waals surface area contributed by atoms with Crippen LogP contribution in [0.5, 0.6) is 0 Å². The van der Waals surface area contributed by atoms with E-state index in [9.17, 15) is 4.79 Å². The van der Waals surface area contributed by atoms with Gasteiger partial charge in [-0.2, -0.15) is 5.10 Å². The van der Waals surface area contributed by atoms with E-state index in [1.54, 1.807) is 17.5 Å². The number of aryl methyl sites for hydroxylation is 1. The fourth-order valence-electron chi connectivity index (χ4n) is 3.60. The summed E-state index contributed by atoms with van der Waals surface area (Å²) in [6, 6.07) is 7.21. The van der Waals surface area contributed by atoms with Gasteiger partial charge in [0.25, 0.3) is 5.91 Å². The first-order valence-electron chi connectivity index (χ1n) is 10.3. The molecule has 1 aliphatic rings. The van der Waals surface area contributed by atoms with Crippen LogP contribution in [-0.2, 0) is 0 Å². The molecule has 1 unspecified atom stereocenters. The van der Waals surface area contributed by atoms with Gasteiger partial charge in [-0.05, 0) is 65.8 Å². The van der Waals surface area contributed by atoms with Crippen LogP contribution in [0, 0.1) is 6.92 Å². The molecule has 29 heavy (non-hydrogen) atoms. The van der Waals surface area contributed by atoms with E-state index >= 15 is 0 Å². The van der Waals surface area contributed by atoms with Crippen LogP contribution in [0.25, 0.3) is 21.6 Å². The molecule has 3 aromatic heterocycles. The Morgan fingerprint density at radius 3 is 2.72 bits per heavy atom. The molecule has 1 saturated carbocycles. The first-order valence-corrected chi connectivity index (χ1v) is 11.1. The minimum atomic E-state index is -0.0636. The molecule has 1 fully saturated rings. The number of nitrogens with zero attached hydrogens (tertiary/aromatic N) is 4. The second-order valence-corrected chi connectivity index (χ2v) is 9.63. The van der Waals surface area contributed by atoms with Gasteiger partial charge >= 0.3 is 0 Å². The summed E-state index contributed by atoms with van der Waals surface area (Å²) in [4.78, 5) is 22.7. The highest BCUT2D eigenvalue weighted by Crippen LogP contribution is 2.31. The first-order chi connectivity index (χ1) is 13.8. The summed E-state index contributed by atoms with van der Waals surface area (Å²) in [5, 5.41) is 8.44. The SMILES string of the molecule is Cc1ccc(-c2cc(C(=O)NCC(C)N(C)C3CC3)c3cnn(C(C)C)c3n2)s1. The zero-order valence-electron chi connectivity index (χ0n) is 17.8. The molecule has 0 radical (unpaired) electrons. The maximum atomic E-state index is 13.1. The van der Waals surface area contributed by atoms with Gasteiger partial charge in [0.15, 0.2) is 5.65 Å². The maximum Gasteiger partial charge on any atom is 0.252 e. The van der Waals surface area contributed by atoms with Gasteiger partial charge < -0.3 is 5.32 Å². The van der Waals surface area contributed by atoms with E-state index in [1.807, 2.05) is 10.7 Å². The third kappa shape index (κ3) is 4.07. The van der Waals surface area contributed by atoms with Crippen LogP contribution < -0.4 is 5.32 Å². The first kappa shape index (κ1) is 20.0. The topological polar surface area (TPSA) is 63.1 Å². The average molecular weight is 412 g/mol. The van der Waals surface area contributed by atoms with Crippen molar-refractivity contribution in [2.24, 2.45) is 0 Å². The van der Waals surface area contributed by atoms with E-state index in [0.29, 0.717) is 24.2 Å². The van der Waals surface area contributed by atoms with E-state index < -0.39 is 0 Å². The van der Waals surface area contributed by atoms with Gasteiger partial charge in [0.2, 0.25) is 0 Å². The van der Waals surface area contributed by atoms with Crippen molar-refractivity contribution in [2.45, 2.75) is 58.7 Å². The highest BCUT2D eigenvalue weighted by molar-refractivity contribution is 7.15. The number of pyridine rings is 1. The Morgan fingerprint density at radius 1 is 1.34 bits per heavy atom. The maximum absolute atomic E-state index is 13.1. The van der Waals surface area contributed by atoms with Crippen molar-refractivity contribution in [1.29, 1.82) is 0 Å². The molecule has 154 valence electrons. The lowest BCUT2D eigenvalue weighted by molar-refractivity contribution is 0.0941. The fraction of sp³-hybridized carbons (Fsp3) is 0.500. The molecule has 1 aliphatic carbocycles. The van der Waals surface area contributed by atoms with Gasteiger partial charge in [0.05, 0.1) is 27.7 Å². The number of fused-ring (bicyclic) bond motifs is 1. The minimum Gasteiger partial charge on any atom is -0.350 e. The number of thiophene rings is 1. The Morgan fingerprint density at radius 2 is 2.10 bits per heavy atom. The van der Waals surface area contributed by atoms with Crippen LogP contribution in [0.3, 0.4) is 0 Å². The van der Waals surface area contributed by atoms with Crippen LogP contribution >= 0.6 is 11.3 Å². The van der Waals surface area contributed by atoms with E-state index in [0.717, 1.165) is 21.6 Å². The average Bonchev–Trinajstić information content (AvgIpc) is 3.31. The second-order valence-electron chi connectivity index (χ2n) is 8.34. The highest BCUT2D eigenvalue weighted by atomic mass is 32.1. The number of nitrogens with one attached hydrogen (secondary N) is 1. The second kappa shape index (κ2) is 7.88. The number of hydrogen-bond donors (Lipinski definition) is 1. The molecule has 0 aromatic carbocycles. The largest absolute Gasteiger partial charge is 0.350 e. The normalized spacial score (nSPS) is 15.4. The molecule has 1 amide bonds. The molecule has 7 heteroatoms. The number of aromatic nitrogens is 3. The third-order valence-electron chi connectivity index (χ3n) is 5.67. The Hall–Kier alpha value is -2.25. The highest BCUT2D eigenvalue weighted by Gasteiger charge is 2.29. The number of carbonyl (C=O) groups is 1. The Kier molecular flexibility index (Phi) is 5.44. The van der Waals surface area contributed by atoms with Gasteiger partial charge in [-0.3, -0.25) is 9.69 Å². The molecule has 3 heterocycles. The number of hydrogen-bond acceptors (Lipinski definition) is 5. The molecule has 4 rings (SSSR count). The molecule has 3 aromatic rings. The summed E-state index contributed by atoms with van der Waals surface area (Å²) in [7, 11) is 2.14. The number of carbonyl (C=O) groups excluding carboxylic acids is 1. The quantitative estimate of drug-likeness (QED) is 0.631. The Bertz CT molecular complexity index is 1030. The van der Waals surface area contributed by atoms with Crippen molar-refractivity contribution in [3.63, 3.8) is 0 Å². The lowest BCUT2D eigenvalue weighted by Crippen LogP contribution is -2.41. The van der Waals surface area contributed by atoms with Gasteiger partial charge in [-0.25, -0.2) is 9.67 Å². The lowest BCUT2D eigenvalue weighted by atomic mass is 10.1. The van der Waals surface area contributed by atoms with Crippen LogP contribution in [0.15, 0.2) is 24.4 Å².